The van der Waals surface area contributed by atoms with Crippen LogP contribution in [-0.4, -0.2) is 0 Å². The highest BCUT2D eigenvalue weighted by Crippen LogP contribution is 2.63. The van der Waals surface area contributed by atoms with Gasteiger partial charge < -0.3 is 0 Å². The first-order valence-electron chi connectivity index (χ1n) is 18.8. The molecule has 0 atom stereocenters. The molecular weight excluding hydrogens is 669 g/mol. The summed E-state index contributed by atoms with van der Waals surface area (Å²) >= 11 is 1.91. The minimum atomic E-state index is -0.383. The van der Waals surface area contributed by atoms with Gasteiger partial charge in [-0.05, 0) is 123 Å². The summed E-state index contributed by atoms with van der Waals surface area (Å²) in [5, 5.41) is 10.6. The van der Waals surface area contributed by atoms with E-state index in [9.17, 15) is 0 Å². The predicted molar refractivity (Wildman–Crippen MR) is 230 cm³/mol. The van der Waals surface area contributed by atoms with Crippen molar-refractivity contribution in [3.05, 3.63) is 204 Å². The van der Waals surface area contributed by atoms with Gasteiger partial charge in [-0.1, -0.05) is 158 Å². The molecule has 1 heterocycles. The fourth-order valence-electron chi connectivity index (χ4n) is 10.7. The molecule has 10 aromatic carbocycles. The standard InChI is InChI=1S/C53H30S/c1-3-19-39-37(17-1)49(38-18-2-4-20-40(38)51(39)42-29-31-13-11-25-47-50(31)52-41(42)21-12-26-48(52)54-47)32-27-28-36-35-16-7-10-24-45(35)53(46(36)30-32)43-22-8-5-14-33(43)34-15-6-9-23-44(34)53/h1-30H. The number of benzene rings is 10. The maximum atomic E-state index is 2.54. The van der Waals surface area contributed by atoms with Gasteiger partial charge >= 0.3 is 0 Å². The summed E-state index contributed by atoms with van der Waals surface area (Å²) in [6.45, 7) is 0. The summed E-state index contributed by atoms with van der Waals surface area (Å²) in [7, 11) is 0. The first-order chi connectivity index (χ1) is 26.8. The first-order valence-corrected chi connectivity index (χ1v) is 19.7. The van der Waals surface area contributed by atoms with Crippen LogP contribution >= 0.6 is 11.3 Å². The van der Waals surface area contributed by atoms with Crippen molar-refractivity contribution in [2.24, 2.45) is 0 Å². The van der Waals surface area contributed by atoms with Crippen molar-refractivity contribution in [1.82, 2.24) is 0 Å². The van der Waals surface area contributed by atoms with Gasteiger partial charge in [-0.3, -0.25) is 0 Å². The van der Waals surface area contributed by atoms with Gasteiger partial charge in [0.25, 0.3) is 0 Å². The summed E-state index contributed by atoms with van der Waals surface area (Å²) < 4.78 is 2.72. The van der Waals surface area contributed by atoms with Gasteiger partial charge in [-0.25, -0.2) is 0 Å². The lowest BCUT2D eigenvalue weighted by Crippen LogP contribution is -2.25. The van der Waals surface area contributed by atoms with Crippen molar-refractivity contribution < 1.29 is 0 Å². The quantitative estimate of drug-likeness (QED) is 0.125. The Kier molecular flexibility index (Phi) is 5.54. The van der Waals surface area contributed by atoms with Gasteiger partial charge in [0.15, 0.2) is 0 Å². The number of rotatable bonds is 2. The third-order valence-corrected chi connectivity index (χ3v) is 13.8. The predicted octanol–water partition coefficient (Wildman–Crippen LogP) is 14.6. The molecule has 0 fully saturated rings. The molecule has 0 unspecified atom stereocenters. The number of thiophene rings is 1. The van der Waals surface area contributed by atoms with E-state index in [1.165, 1.54) is 119 Å². The summed E-state index contributed by atoms with van der Waals surface area (Å²) in [4.78, 5) is 0. The Morgan fingerprint density at radius 3 is 1.41 bits per heavy atom. The van der Waals surface area contributed by atoms with Crippen LogP contribution in [0.25, 0.3) is 97.0 Å². The van der Waals surface area contributed by atoms with Crippen molar-refractivity contribution in [3.8, 4) is 44.5 Å². The second-order valence-corrected chi connectivity index (χ2v) is 16.1. The third-order valence-electron chi connectivity index (χ3n) is 12.6. The van der Waals surface area contributed by atoms with Crippen molar-refractivity contribution in [3.63, 3.8) is 0 Å². The van der Waals surface area contributed by atoms with Gasteiger partial charge in [-0.2, -0.15) is 0 Å². The Morgan fingerprint density at radius 1 is 0.315 bits per heavy atom. The van der Waals surface area contributed by atoms with Crippen LogP contribution in [0.2, 0.25) is 0 Å². The normalized spacial score (nSPS) is 13.7. The van der Waals surface area contributed by atoms with Crippen molar-refractivity contribution in [2.75, 3.05) is 0 Å². The monoisotopic (exact) mass is 698 g/mol. The molecule has 0 nitrogen and oxygen atoms in total. The molecule has 0 aliphatic heterocycles. The van der Waals surface area contributed by atoms with Gasteiger partial charge in [0.2, 0.25) is 0 Å². The maximum absolute atomic E-state index is 2.54. The van der Waals surface area contributed by atoms with Gasteiger partial charge in [0, 0.05) is 20.2 Å². The van der Waals surface area contributed by atoms with E-state index < -0.39 is 0 Å². The molecule has 248 valence electrons. The van der Waals surface area contributed by atoms with Crippen molar-refractivity contribution in [1.29, 1.82) is 0 Å². The van der Waals surface area contributed by atoms with E-state index in [4.69, 9.17) is 0 Å². The Hall–Kier alpha value is -6.54. The second-order valence-electron chi connectivity index (χ2n) is 15.0. The van der Waals surface area contributed by atoms with Crippen molar-refractivity contribution in [2.45, 2.75) is 5.41 Å². The molecule has 2 aliphatic rings. The van der Waals surface area contributed by atoms with Crippen LogP contribution in [0.1, 0.15) is 22.3 Å². The summed E-state index contributed by atoms with van der Waals surface area (Å²) in [5.74, 6) is 0. The van der Waals surface area contributed by atoms with Crippen LogP contribution in [0, 0.1) is 0 Å². The molecule has 2 aliphatic carbocycles. The van der Waals surface area contributed by atoms with Gasteiger partial charge in [-0.15, -0.1) is 11.3 Å². The van der Waals surface area contributed by atoms with Crippen LogP contribution in [0.15, 0.2) is 182 Å². The topological polar surface area (TPSA) is 0 Å². The smallest absolute Gasteiger partial charge is 0.0725 e. The summed E-state index contributed by atoms with van der Waals surface area (Å²) in [5.41, 5.74) is 15.6. The molecule has 0 saturated heterocycles. The minimum absolute atomic E-state index is 0.383. The van der Waals surface area contributed by atoms with E-state index in [0.717, 1.165) is 0 Å². The molecule has 13 rings (SSSR count). The fraction of sp³-hybridized carbons (Fsp3) is 0.0189. The number of hydrogen-bond acceptors (Lipinski definition) is 1. The van der Waals surface area contributed by atoms with Crippen molar-refractivity contribution >= 4 is 63.8 Å². The molecular formula is C53H30S. The fourth-order valence-corrected chi connectivity index (χ4v) is 11.8. The summed E-state index contributed by atoms with van der Waals surface area (Å²) in [6, 6.07) is 68.9. The zero-order valence-corrected chi connectivity index (χ0v) is 30.0. The Balaban J connectivity index is 1.14. The minimum Gasteiger partial charge on any atom is -0.135 e. The third kappa shape index (κ3) is 3.45. The van der Waals surface area contributed by atoms with Crippen LogP contribution < -0.4 is 0 Å². The zero-order chi connectivity index (χ0) is 35.1. The van der Waals surface area contributed by atoms with E-state index in [1.807, 2.05) is 11.3 Å². The molecule has 0 saturated carbocycles. The average molecular weight is 699 g/mol. The average Bonchev–Trinajstić information content (AvgIpc) is 3.87. The van der Waals surface area contributed by atoms with E-state index in [-0.39, 0.29) is 5.41 Å². The van der Waals surface area contributed by atoms with Gasteiger partial charge in [0.1, 0.15) is 0 Å². The molecule has 0 bridgehead atoms. The lowest BCUT2D eigenvalue weighted by atomic mass is 9.70. The van der Waals surface area contributed by atoms with Crippen LogP contribution in [0.5, 0.6) is 0 Å². The highest BCUT2D eigenvalue weighted by Gasteiger charge is 2.51. The van der Waals surface area contributed by atoms with E-state index in [2.05, 4.69) is 182 Å². The highest BCUT2D eigenvalue weighted by atomic mass is 32.1. The van der Waals surface area contributed by atoms with Crippen LogP contribution in [0.3, 0.4) is 0 Å². The molecule has 0 amide bonds. The Labute approximate surface area is 316 Å². The Bertz CT molecular complexity index is 3270. The zero-order valence-electron chi connectivity index (χ0n) is 29.2. The molecule has 1 aromatic heterocycles. The molecule has 0 radical (unpaired) electrons. The van der Waals surface area contributed by atoms with E-state index in [0.29, 0.717) is 0 Å². The lowest BCUT2D eigenvalue weighted by molar-refractivity contribution is 0.794. The second kappa shape index (κ2) is 10.3. The largest absolute Gasteiger partial charge is 0.135 e. The molecule has 11 aromatic rings. The Morgan fingerprint density at radius 2 is 0.796 bits per heavy atom. The number of hydrogen-bond donors (Lipinski definition) is 0. The summed E-state index contributed by atoms with van der Waals surface area (Å²) in [6.07, 6.45) is 0. The first kappa shape index (κ1) is 29.0. The molecule has 0 N–H and O–H groups in total. The van der Waals surface area contributed by atoms with Crippen LogP contribution in [-0.2, 0) is 5.41 Å². The molecule has 1 heteroatoms. The number of fused-ring (bicyclic) bond motifs is 12. The van der Waals surface area contributed by atoms with E-state index in [1.54, 1.807) is 0 Å². The van der Waals surface area contributed by atoms with Crippen LogP contribution in [0.4, 0.5) is 0 Å². The highest BCUT2D eigenvalue weighted by molar-refractivity contribution is 7.26. The molecule has 54 heavy (non-hydrogen) atoms. The maximum Gasteiger partial charge on any atom is 0.0725 e. The van der Waals surface area contributed by atoms with Gasteiger partial charge in [0.05, 0.1) is 5.41 Å². The van der Waals surface area contributed by atoms with E-state index >= 15 is 0 Å². The lowest BCUT2D eigenvalue weighted by Gasteiger charge is -2.31. The molecule has 1 spiro atoms. The SMILES string of the molecule is c1ccc2c(c1)-c1ccccc1C21c2ccccc2-c2ccc(-c3c4ccccc4c(-c4cc5cccc6sc7cccc4c7c56)c4ccccc34)cc21.